The lowest BCUT2D eigenvalue weighted by atomic mass is 10.2. The minimum Gasteiger partial charge on any atom is -0.485 e. The van der Waals surface area contributed by atoms with Crippen LogP contribution in [0.5, 0.6) is 17.2 Å². The fourth-order valence-electron chi connectivity index (χ4n) is 2.80. The second kappa shape index (κ2) is 9.61. The summed E-state index contributed by atoms with van der Waals surface area (Å²) < 4.78 is 17.4. The molecule has 8 heteroatoms. The van der Waals surface area contributed by atoms with Crippen molar-refractivity contribution in [3.63, 3.8) is 0 Å². The first kappa shape index (κ1) is 20.9. The molecule has 0 unspecified atom stereocenters. The quantitative estimate of drug-likeness (QED) is 0.179. The van der Waals surface area contributed by atoms with Crippen LogP contribution in [0.15, 0.2) is 77.9 Å². The first-order chi connectivity index (χ1) is 15.1. The average molecular weight is 528 g/mol. The number of carbonyl (C=O) groups excluding carboxylic acids is 2. The number of nitrogens with one attached hydrogen (secondary N) is 1. The lowest BCUT2D eigenvalue weighted by molar-refractivity contribution is -0.130. The molecule has 0 aliphatic carbocycles. The summed E-state index contributed by atoms with van der Waals surface area (Å²) in [4.78, 5) is 24.5. The minimum absolute atomic E-state index is 0.110. The maximum absolute atomic E-state index is 12.3. The van der Waals surface area contributed by atoms with Gasteiger partial charge >= 0.3 is 5.97 Å². The van der Waals surface area contributed by atoms with Crippen molar-refractivity contribution in [3.8, 4) is 17.2 Å². The van der Waals surface area contributed by atoms with Gasteiger partial charge in [0.2, 0.25) is 6.10 Å². The van der Waals surface area contributed by atoms with E-state index in [1.165, 1.54) is 6.21 Å². The van der Waals surface area contributed by atoms with E-state index in [0.717, 1.165) is 9.13 Å². The largest absolute Gasteiger partial charge is 0.485 e. The Labute approximate surface area is 192 Å². The Hall–Kier alpha value is -3.40. The molecule has 1 heterocycles. The lowest BCUT2D eigenvalue weighted by Gasteiger charge is -2.24. The zero-order valence-electron chi connectivity index (χ0n) is 16.2. The van der Waals surface area contributed by atoms with Gasteiger partial charge in [-0.15, -0.1) is 0 Å². The Morgan fingerprint density at radius 1 is 1.00 bits per heavy atom. The van der Waals surface area contributed by atoms with Crippen molar-refractivity contribution in [1.82, 2.24) is 5.43 Å². The number of ether oxygens (including phenoxy) is 3. The first-order valence-corrected chi connectivity index (χ1v) is 10.5. The standard InChI is InChI=1S/C23H17IN2O5/c24-18-6-2-1-5-17(18)23(28)30-16-11-9-15(10-12-16)13-25-26-22(27)21-14-29-19-7-3-4-8-20(19)31-21/h1-13,21H,14H2,(H,26,27)/b25-13-/t21-/m1/s1. The van der Waals surface area contributed by atoms with Crippen LogP contribution in [-0.4, -0.2) is 30.8 Å². The third-order valence-electron chi connectivity index (χ3n) is 4.37. The van der Waals surface area contributed by atoms with Gasteiger partial charge in [0.1, 0.15) is 12.4 Å². The van der Waals surface area contributed by atoms with Crippen LogP contribution in [-0.2, 0) is 4.79 Å². The molecule has 0 saturated heterocycles. The number of hydrogen-bond donors (Lipinski definition) is 1. The van der Waals surface area contributed by atoms with Crippen LogP contribution in [0.2, 0.25) is 0 Å². The molecule has 1 N–H and O–H groups in total. The molecule has 1 atom stereocenters. The first-order valence-electron chi connectivity index (χ1n) is 9.38. The van der Waals surface area contributed by atoms with Crippen molar-refractivity contribution in [2.45, 2.75) is 6.10 Å². The molecule has 156 valence electrons. The van der Waals surface area contributed by atoms with Gasteiger partial charge in [-0.25, -0.2) is 10.2 Å². The third-order valence-corrected chi connectivity index (χ3v) is 5.31. The van der Waals surface area contributed by atoms with E-state index in [9.17, 15) is 9.59 Å². The summed E-state index contributed by atoms with van der Waals surface area (Å²) in [7, 11) is 0. The van der Waals surface area contributed by atoms with Crippen LogP contribution in [0, 0.1) is 3.57 Å². The molecule has 3 aromatic rings. The van der Waals surface area contributed by atoms with Crippen molar-refractivity contribution in [2.75, 3.05) is 6.61 Å². The van der Waals surface area contributed by atoms with E-state index in [1.807, 2.05) is 24.3 Å². The lowest BCUT2D eigenvalue weighted by Crippen LogP contribution is -2.42. The summed E-state index contributed by atoms with van der Waals surface area (Å²) >= 11 is 2.09. The second-order valence-corrected chi connectivity index (χ2v) is 7.70. The van der Waals surface area contributed by atoms with Crippen LogP contribution in [0.4, 0.5) is 0 Å². The van der Waals surface area contributed by atoms with Crippen LogP contribution in [0.3, 0.4) is 0 Å². The highest BCUT2D eigenvalue weighted by Gasteiger charge is 2.26. The highest BCUT2D eigenvalue weighted by Crippen LogP contribution is 2.30. The molecule has 1 amide bonds. The summed E-state index contributed by atoms with van der Waals surface area (Å²) in [6.45, 7) is 0.110. The number of hydrazone groups is 1. The molecule has 7 nitrogen and oxygen atoms in total. The molecule has 4 rings (SSSR count). The Balaban J connectivity index is 1.30. The van der Waals surface area contributed by atoms with Gasteiger partial charge in [-0.3, -0.25) is 4.79 Å². The molecule has 1 aliphatic rings. The van der Waals surface area contributed by atoms with E-state index in [0.29, 0.717) is 22.8 Å². The Morgan fingerprint density at radius 2 is 1.71 bits per heavy atom. The van der Waals surface area contributed by atoms with E-state index in [4.69, 9.17) is 14.2 Å². The van der Waals surface area contributed by atoms with Gasteiger partial charge in [0, 0.05) is 3.57 Å². The topological polar surface area (TPSA) is 86.2 Å². The summed E-state index contributed by atoms with van der Waals surface area (Å²) in [6, 6.07) is 21.1. The minimum atomic E-state index is -0.783. The molecular formula is C23H17IN2O5. The SMILES string of the molecule is O=C(Oc1ccc(/C=N\NC(=O)[C@H]2COc3ccccc3O2)cc1)c1ccccc1I. The zero-order valence-corrected chi connectivity index (χ0v) is 18.3. The molecule has 0 radical (unpaired) electrons. The number of benzene rings is 3. The third kappa shape index (κ3) is 5.21. The van der Waals surface area contributed by atoms with Gasteiger partial charge in [-0.05, 0) is 76.7 Å². The van der Waals surface area contributed by atoms with Crippen LogP contribution >= 0.6 is 22.6 Å². The van der Waals surface area contributed by atoms with Gasteiger partial charge < -0.3 is 14.2 Å². The summed E-state index contributed by atoms with van der Waals surface area (Å²) in [6.07, 6.45) is 0.705. The number of esters is 1. The number of fused-ring (bicyclic) bond motifs is 1. The van der Waals surface area contributed by atoms with Gasteiger partial charge in [0.15, 0.2) is 11.5 Å². The molecule has 0 bridgehead atoms. The number of hydrogen-bond acceptors (Lipinski definition) is 6. The van der Waals surface area contributed by atoms with Gasteiger partial charge in [0.25, 0.3) is 5.91 Å². The maximum atomic E-state index is 12.3. The molecular weight excluding hydrogens is 511 g/mol. The van der Waals surface area contributed by atoms with E-state index in [1.54, 1.807) is 48.5 Å². The van der Waals surface area contributed by atoms with E-state index in [-0.39, 0.29) is 6.61 Å². The average Bonchev–Trinajstić information content (AvgIpc) is 2.80. The van der Waals surface area contributed by atoms with Crippen molar-refractivity contribution in [3.05, 3.63) is 87.5 Å². The number of nitrogens with zero attached hydrogens (tertiary/aromatic N) is 1. The van der Waals surface area contributed by atoms with Crippen molar-refractivity contribution < 1.29 is 23.8 Å². The van der Waals surface area contributed by atoms with E-state index < -0.39 is 18.0 Å². The van der Waals surface area contributed by atoms with Crippen molar-refractivity contribution in [2.24, 2.45) is 5.10 Å². The van der Waals surface area contributed by atoms with E-state index >= 15 is 0 Å². The van der Waals surface area contributed by atoms with Crippen molar-refractivity contribution >= 4 is 40.7 Å². The fourth-order valence-corrected chi connectivity index (χ4v) is 3.41. The Kier molecular flexibility index (Phi) is 6.46. The van der Waals surface area contributed by atoms with Crippen LogP contribution in [0.1, 0.15) is 15.9 Å². The number of halogens is 1. The zero-order chi connectivity index (χ0) is 21.6. The smallest absolute Gasteiger partial charge is 0.344 e. The predicted molar refractivity (Wildman–Crippen MR) is 123 cm³/mol. The summed E-state index contributed by atoms with van der Waals surface area (Å²) in [5.74, 6) is 0.715. The molecule has 0 aromatic heterocycles. The summed E-state index contributed by atoms with van der Waals surface area (Å²) in [5, 5.41) is 3.95. The predicted octanol–water partition coefficient (Wildman–Crippen LogP) is 3.80. The van der Waals surface area contributed by atoms with Gasteiger partial charge in [0.05, 0.1) is 11.8 Å². The highest BCUT2D eigenvalue weighted by molar-refractivity contribution is 14.1. The monoisotopic (exact) mass is 528 g/mol. The second-order valence-electron chi connectivity index (χ2n) is 6.54. The van der Waals surface area contributed by atoms with Crippen molar-refractivity contribution in [1.29, 1.82) is 0 Å². The number of rotatable bonds is 5. The number of para-hydroxylation sites is 2. The van der Waals surface area contributed by atoms with E-state index in [2.05, 4.69) is 33.1 Å². The molecule has 0 spiro atoms. The highest BCUT2D eigenvalue weighted by atomic mass is 127. The maximum Gasteiger partial charge on any atom is 0.344 e. The normalized spacial score (nSPS) is 14.8. The number of carbonyl (C=O) groups is 2. The molecule has 31 heavy (non-hydrogen) atoms. The Morgan fingerprint density at radius 3 is 2.48 bits per heavy atom. The number of amides is 1. The van der Waals surface area contributed by atoms with Crippen LogP contribution < -0.4 is 19.6 Å². The molecule has 1 aliphatic heterocycles. The molecule has 3 aromatic carbocycles. The molecule has 0 fully saturated rings. The van der Waals surface area contributed by atoms with Crippen LogP contribution in [0.25, 0.3) is 0 Å². The Bertz CT molecular complexity index is 1130. The fraction of sp³-hybridized carbons (Fsp3) is 0.0870. The van der Waals surface area contributed by atoms with Gasteiger partial charge in [-0.2, -0.15) is 5.10 Å². The van der Waals surface area contributed by atoms with Gasteiger partial charge in [-0.1, -0.05) is 24.3 Å². The molecule has 0 saturated carbocycles. The summed E-state index contributed by atoms with van der Waals surface area (Å²) in [5.41, 5.74) is 3.68.